The maximum atomic E-state index is 12.3. The van der Waals surface area contributed by atoms with Crippen LogP contribution in [0.5, 0.6) is 0 Å². The first-order valence-electron chi connectivity index (χ1n) is 7.49. The summed E-state index contributed by atoms with van der Waals surface area (Å²) in [5, 5.41) is 15.9. The molecule has 1 amide bonds. The minimum absolute atomic E-state index is 0.0264. The zero-order valence-electron chi connectivity index (χ0n) is 13.9. The number of aryl methyl sites for hydroxylation is 1. The molecule has 0 bridgehead atoms. The number of thioether (sulfide) groups is 1. The van der Waals surface area contributed by atoms with E-state index in [9.17, 15) is 19.7 Å². The molecule has 0 saturated heterocycles. The molecule has 0 fully saturated rings. The number of nitro benzene ring substituents is 1. The van der Waals surface area contributed by atoms with Gasteiger partial charge in [0.15, 0.2) is 5.16 Å². The van der Waals surface area contributed by atoms with Crippen LogP contribution in [-0.4, -0.2) is 26.1 Å². The number of nitrogens with one attached hydrogen (secondary N) is 1. The van der Waals surface area contributed by atoms with Gasteiger partial charge in [-0.25, -0.2) is 4.98 Å². The fraction of sp³-hybridized carbons (Fsp3) is 0.188. The minimum Gasteiger partial charge on any atom is -0.319 e. The van der Waals surface area contributed by atoms with E-state index in [4.69, 9.17) is 0 Å². The van der Waals surface area contributed by atoms with Gasteiger partial charge in [0.2, 0.25) is 5.91 Å². The SMILES string of the molecule is Cc1cccc([N+](=O)[O-])c1NC(=O)CSc1nc2ccsc2c(=O)n1C. The van der Waals surface area contributed by atoms with Crippen LogP contribution in [0.15, 0.2) is 39.6 Å². The van der Waals surface area contributed by atoms with Crippen molar-refractivity contribution >= 4 is 50.6 Å². The number of hydrogen-bond donors (Lipinski definition) is 1. The number of fused-ring (bicyclic) bond motifs is 1. The van der Waals surface area contributed by atoms with E-state index >= 15 is 0 Å². The highest BCUT2D eigenvalue weighted by Gasteiger charge is 2.18. The van der Waals surface area contributed by atoms with Crippen LogP contribution in [-0.2, 0) is 11.8 Å². The molecule has 1 aromatic carbocycles. The molecule has 3 rings (SSSR count). The number of benzene rings is 1. The second-order valence-corrected chi connectivity index (χ2v) is 7.32. The molecular weight excluding hydrogens is 376 g/mol. The Morgan fingerprint density at radius 3 is 2.92 bits per heavy atom. The van der Waals surface area contributed by atoms with Crippen LogP contribution in [0.25, 0.3) is 10.2 Å². The van der Waals surface area contributed by atoms with E-state index in [1.165, 1.54) is 22.0 Å². The van der Waals surface area contributed by atoms with Gasteiger partial charge >= 0.3 is 0 Å². The highest BCUT2D eigenvalue weighted by atomic mass is 32.2. The van der Waals surface area contributed by atoms with Gasteiger partial charge in [-0.3, -0.25) is 24.3 Å². The molecule has 0 aliphatic heterocycles. The van der Waals surface area contributed by atoms with Crippen molar-refractivity contribution < 1.29 is 9.72 Å². The second-order valence-electron chi connectivity index (χ2n) is 5.46. The largest absolute Gasteiger partial charge is 0.319 e. The molecule has 0 aliphatic rings. The predicted molar refractivity (Wildman–Crippen MR) is 102 cm³/mol. The Morgan fingerprint density at radius 2 is 2.19 bits per heavy atom. The number of hydrogen-bond acceptors (Lipinski definition) is 7. The molecule has 0 atom stereocenters. The molecule has 0 spiro atoms. The summed E-state index contributed by atoms with van der Waals surface area (Å²) in [4.78, 5) is 39.5. The lowest BCUT2D eigenvalue weighted by atomic mass is 10.1. The number of rotatable bonds is 5. The van der Waals surface area contributed by atoms with Gasteiger partial charge in [0.1, 0.15) is 10.4 Å². The standard InChI is InChI=1S/C16H14N4O4S2/c1-9-4-3-5-11(20(23)24)13(9)18-12(21)8-26-16-17-10-6-7-25-14(10)15(22)19(16)2/h3-7H,8H2,1-2H3,(H,18,21). The van der Waals surface area contributed by atoms with E-state index in [-0.39, 0.29) is 22.7 Å². The minimum atomic E-state index is -0.536. The summed E-state index contributed by atoms with van der Waals surface area (Å²) in [5.41, 5.74) is 1.05. The predicted octanol–water partition coefficient (Wildman–Crippen LogP) is 2.94. The number of para-hydroxylation sites is 1. The van der Waals surface area contributed by atoms with E-state index < -0.39 is 10.8 Å². The van der Waals surface area contributed by atoms with Gasteiger partial charge < -0.3 is 5.32 Å². The molecule has 8 nitrogen and oxygen atoms in total. The summed E-state index contributed by atoms with van der Waals surface area (Å²) in [6.07, 6.45) is 0. The van der Waals surface area contributed by atoms with Gasteiger partial charge in [-0.05, 0) is 23.9 Å². The van der Waals surface area contributed by atoms with Crippen molar-refractivity contribution in [3.05, 3.63) is 55.7 Å². The third-order valence-electron chi connectivity index (χ3n) is 3.69. The van der Waals surface area contributed by atoms with Gasteiger partial charge in [0.25, 0.3) is 11.2 Å². The fourth-order valence-electron chi connectivity index (χ4n) is 2.37. The van der Waals surface area contributed by atoms with Gasteiger partial charge in [-0.15, -0.1) is 11.3 Å². The first-order valence-corrected chi connectivity index (χ1v) is 9.36. The van der Waals surface area contributed by atoms with E-state index in [2.05, 4.69) is 10.3 Å². The zero-order chi connectivity index (χ0) is 18.8. The summed E-state index contributed by atoms with van der Waals surface area (Å²) < 4.78 is 1.96. The van der Waals surface area contributed by atoms with Crippen LogP contribution < -0.4 is 10.9 Å². The molecule has 0 unspecified atom stereocenters. The first-order chi connectivity index (χ1) is 12.4. The number of anilines is 1. The van der Waals surface area contributed by atoms with Crippen LogP contribution in [0, 0.1) is 17.0 Å². The lowest BCUT2D eigenvalue weighted by Crippen LogP contribution is -2.21. The van der Waals surface area contributed by atoms with Gasteiger partial charge in [0, 0.05) is 13.1 Å². The van der Waals surface area contributed by atoms with Gasteiger partial charge in [-0.2, -0.15) is 0 Å². The second kappa shape index (κ2) is 7.26. The van der Waals surface area contributed by atoms with Crippen molar-refractivity contribution in [2.24, 2.45) is 7.05 Å². The lowest BCUT2D eigenvalue weighted by Gasteiger charge is -2.10. The monoisotopic (exact) mass is 390 g/mol. The third-order valence-corrected chi connectivity index (χ3v) is 5.61. The summed E-state index contributed by atoms with van der Waals surface area (Å²) in [5.74, 6) is -0.437. The van der Waals surface area contributed by atoms with Crippen molar-refractivity contribution in [3.63, 3.8) is 0 Å². The fourth-order valence-corrected chi connectivity index (χ4v) is 3.95. The molecule has 3 aromatic rings. The smallest absolute Gasteiger partial charge is 0.293 e. The van der Waals surface area contributed by atoms with Crippen LogP contribution in [0.4, 0.5) is 11.4 Å². The maximum Gasteiger partial charge on any atom is 0.293 e. The van der Waals surface area contributed by atoms with E-state index in [0.717, 1.165) is 11.8 Å². The van der Waals surface area contributed by atoms with Crippen molar-refractivity contribution in [1.82, 2.24) is 9.55 Å². The average Bonchev–Trinajstić information content (AvgIpc) is 3.07. The Morgan fingerprint density at radius 1 is 1.42 bits per heavy atom. The highest BCUT2D eigenvalue weighted by molar-refractivity contribution is 7.99. The Balaban J connectivity index is 1.78. The van der Waals surface area contributed by atoms with Gasteiger partial charge in [-0.1, -0.05) is 23.9 Å². The Bertz CT molecular complexity index is 1070. The molecule has 0 aliphatic carbocycles. The van der Waals surface area contributed by atoms with Crippen molar-refractivity contribution in [3.8, 4) is 0 Å². The number of thiophene rings is 1. The quantitative estimate of drug-likeness (QED) is 0.311. The van der Waals surface area contributed by atoms with E-state index in [0.29, 0.717) is 20.9 Å². The highest BCUT2D eigenvalue weighted by Crippen LogP contribution is 2.28. The third kappa shape index (κ3) is 3.46. The summed E-state index contributed by atoms with van der Waals surface area (Å²) >= 11 is 2.42. The molecule has 2 heterocycles. The molecule has 10 heteroatoms. The Labute approximate surface area is 156 Å². The van der Waals surface area contributed by atoms with Crippen LogP contribution in [0.1, 0.15) is 5.56 Å². The van der Waals surface area contributed by atoms with E-state index in [1.54, 1.807) is 37.6 Å². The normalized spacial score (nSPS) is 10.8. The number of amides is 1. The Hall–Kier alpha value is -2.72. The van der Waals surface area contributed by atoms with Crippen LogP contribution in [0.3, 0.4) is 0 Å². The number of carbonyl (C=O) groups excluding carboxylic acids is 1. The number of nitro groups is 1. The molecule has 134 valence electrons. The summed E-state index contributed by atoms with van der Waals surface area (Å²) in [7, 11) is 1.60. The topological polar surface area (TPSA) is 107 Å². The van der Waals surface area contributed by atoms with Crippen LogP contribution >= 0.6 is 23.1 Å². The first kappa shape index (κ1) is 18.1. The number of nitrogens with zero attached hydrogens (tertiary/aromatic N) is 3. The zero-order valence-corrected chi connectivity index (χ0v) is 15.5. The van der Waals surface area contributed by atoms with Crippen molar-refractivity contribution in [2.45, 2.75) is 12.1 Å². The van der Waals surface area contributed by atoms with Crippen LogP contribution in [0.2, 0.25) is 0 Å². The summed E-state index contributed by atoms with van der Waals surface area (Å²) in [6, 6.07) is 6.34. The number of aromatic nitrogens is 2. The van der Waals surface area contributed by atoms with Crippen molar-refractivity contribution in [2.75, 3.05) is 11.1 Å². The molecular formula is C16H14N4O4S2. The van der Waals surface area contributed by atoms with Crippen molar-refractivity contribution in [1.29, 1.82) is 0 Å². The van der Waals surface area contributed by atoms with E-state index in [1.807, 2.05) is 0 Å². The molecule has 1 N–H and O–H groups in total. The molecule has 0 radical (unpaired) electrons. The lowest BCUT2D eigenvalue weighted by molar-refractivity contribution is -0.384. The average molecular weight is 390 g/mol. The Kier molecular flexibility index (Phi) is 5.05. The molecule has 26 heavy (non-hydrogen) atoms. The molecule has 0 saturated carbocycles. The molecule has 2 aromatic heterocycles. The van der Waals surface area contributed by atoms with Gasteiger partial charge in [0.05, 0.1) is 16.2 Å². The summed E-state index contributed by atoms with van der Waals surface area (Å²) in [6.45, 7) is 1.69. The maximum absolute atomic E-state index is 12.3. The number of carbonyl (C=O) groups is 1.